The van der Waals surface area contributed by atoms with Crippen LogP contribution in [-0.2, 0) is 4.79 Å². The van der Waals surface area contributed by atoms with Crippen molar-refractivity contribution in [3.63, 3.8) is 0 Å². The molecule has 0 saturated heterocycles. The largest absolute Gasteiger partial charge is 0.325 e. The first kappa shape index (κ1) is 18.7. The first-order valence-electron chi connectivity index (χ1n) is 8.32. The van der Waals surface area contributed by atoms with Gasteiger partial charge in [-0.15, -0.1) is 0 Å². The van der Waals surface area contributed by atoms with E-state index in [1.54, 1.807) is 30.5 Å². The molecule has 2 heterocycles. The van der Waals surface area contributed by atoms with Gasteiger partial charge in [0.15, 0.2) is 5.78 Å². The number of aryl methyl sites for hydroxylation is 1. The van der Waals surface area contributed by atoms with Crippen LogP contribution >= 0.6 is 11.8 Å². The molecule has 0 radical (unpaired) electrons. The van der Waals surface area contributed by atoms with Gasteiger partial charge in [-0.1, -0.05) is 30.0 Å². The summed E-state index contributed by atoms with van der Waals surface area (Å²) in [7, 11) is 0. The minimum atomic E-state index is -0.170. The number of anilines is 1. The lowest BCUT2D eigenvalue weighted by Gasteiger charge is -2.07. The first-order valence-corrected chi connectivity index (χ1v) is 9.30. The van der Waals surface area contributed by atoms with E-state index in [4.69, 9.17) is 0 Å². The molecule has 1 amide bonds. The van der Waals surface area contributed by atoms with Crippen molar-refractivity contribution in [2.75, 3.05) is 11.1 Å². The molecule has 1 aromatic carbocycles. The van der Waals surface area contributed by atoms with Crippen molar-refractivity contribution in [3.05, 3.63) is 66.1 Å². The lowest BCUT2D eigenvalue weighted by molar-refractivity contribution is -0.113. The molecule has 0 fully saturated rings. The molecule has 1 N–H and O–H groups in total. The number of aromatic nitrogens is 3. The lowest BCUT2D eigenvalue weighted by Crippen LogP contribution is -2.14. The predicted molar refractivity (Wildman–Crippen MR) is 106 cm³/mol. The van der Waals surface area contributed by atoms with Gasteiger partial charge in [0, 0.05) is 17.4 Å². The molecule has 7 heteroatoms. The second kappa shape index (κ2) is 8.55. The number of carbonyl (C=O) groups is 2. The molecule has 0 bridgehead atoms. The molecular formula is C20H18N4O2S. The summed E-state index contributed by atoms with van der Waals surface area (Å²) < 4.78 is 0. The van der Waals surface area contributed by atoms with E-state index in [9.17, 15) is 9.59 Å². The van der Waals surface area contributed by atoms with E-state index in [1.807, 2.05) is 31.2 Å². The average molecular weight is 378 g/mol. The Bertz CT molecular complexity index is 977. The van der Waals surface area contributed by atoms with Crippen LogP contribution in [0.1, 0.15) is 23.1 Å². The Morgan fingerprint density at radius 3 is 2.63 bits per heavy atom. The van der Waals surface area contributed by atoms with E-state index >= 15 is 0 Å². The normalized spacial score (nSPS) is 10.4. The quantitative estimate of drug-likeness (QED) is 0.399. The van der Waals surface area contributed by atoms with Crippen LogP contribution in [0, 0.1) is 6.92 Å². The maximum Gasteiger partial charge on any atom is 0.234 e. The van der Waals surface area contributed by atoms with Crippen LogP contribution in [0.25, 0.3) is 11.4 Å². The summed E-state index contributed by atoms with van der Waals surface area (Å²) in [6.45, 7) is 3.30. The Morgan fingerprint density at radius 1 is 1.04 bits per heavy atom. The van der Waals surface area contributed by atoms with Crippen molar-refractivity contribution >= 4 is 29.1 Å². The molecule has 6 nitrogen and oxygen atoms in total. The van der Waals surface area contributed by atoms with Crippen molar-refractivity contribution in [1.29, 1.82) is 0 Å². The summed E-state index contributed by atoms with van der Waals surface area (Å²) >= 11 is 1.32. The Hall–Kier alpha value is -3.06. The van der Waals surface area contributed by atoms with Crippen molar-refractivity contribution in [3.8, 4) is 11.4 Å². The smallest absolute Gasteiger partial charge is 0.234 e. The van der Waals surface area contributed by atoms with E-state index in [2.05, 4.69) is 20.3 Å². The van der Waals surface area contributed by atoms with Gasteiger partial charge in [0.05, 0.1) is 17.1 Å². The fraction of sp³-hybridized carbons (Fsp3) is 0.150. The minimum absolute atomic E-state index is 0.0426. The lowest BCUT2D eigenvalue weighted by atomic mass is 10.1. The van der Waals surface area contributed by atoms with E-state index in [0.717, 1.165) is 11.4 Å². The number of hydrogen-bond acceptors (Lipinski definition) is 6. The Morgan fingerprint density at radius 2 is 1.89 bits per heavy atom. The number of rotatable bonds is 6. The summed E-state index contributed by atoms with van der Waals surface area (Å²) in [6.07, 6.45) is 1.71. The summed E-state index contributed by atoms with van der Waals surface area (Å²) in [5.41, 5.74) is 2.64. The third-order valence-electron chi connectivity index (χ3n) is 3.65. The minimum Gasteiger partial charge on any atom is -0.325 e. The van der Waals surface area contributed by atoms with Gasteiger partial charge in [-0.2, -0.15) is 0 Å². The number of amides is 1. The van der Waals surface area contributed by atoms with Gasteiger partial charge < -0.3 is 5.32 Å². The van der Waals surface area contributed by atoms with Gasteiger partial charge in [-0.05, 0) is 44.2 Å². The fourth-order valence-electron chi connectivity index (χ4n) is 2.41. The van der Waals surface area contributed by atoms with Crippen LogP contribution in [0.5, 0.6) is 0 Å². The Labute approximate surface area is 161 Å². The van der Waals surface area contributed by atoms with E-state index in [0.29, 0.717) is 22.1 Å². The highest BCUT2D eigenvalue weighted by molar-refractivity contribution is 7.99. The van der Waals surface area contributed by atoms with Crippen molar-refractivity contribution < 1.29 is 9.59 Å². The van der Waals surface area contributed by atoms with E-state index in [-0.39, 0.29) is 17.4 Å². The standard InChI is InChI=1S/C20H18N4O2S/c1-13(25)15-6-5-7-16(10-15)24-19(26)12-27-20-11-18(22-14(2)23-20)17-8-3-4-9-21-17/h3-11H,12H2,1-2H3,(H,24,26). The molecule has 0 saturated carbocycles. The second-order valence-corrected chi connectivity index (χ2v) is 6.82. The number of benzene rings is 1. The number of ketones is 1. The highest BCUT2D eigenvalue weighted by atomic mass is 32.2. The zero-order valence-electron chi connectivity index (χ0n) is 15.0. The Kier molecular flexibility index (Phi) is 5.93. The monoisotopic (exact) mass is 378 g/mol. The van der Waals surface area contributed by atoms with Crippen LogP contribution in [0.3, 0.4) is 0 Å². The number of nitrogens with zero attached hydrogens (tertiary/aromatic N) is 3. The van der Waals surface area contributed by atoms with Crippen molar-refractivity contribution in [1.82, 2.24) is 15.0 Å². The number of thioether (sulfide) groups is 1. The SMILES string of the molecule is CC(=O)c1cccc(NC(=O)CSc2cc(-c3ccccn3)nc(C)n2)c1. The molecule has 2 aromatic heterocycles. The van der Waals surface area contributed by atoms with Crippen LogP contribution in [-0.4, -0.2) is 32.4 Å². The van der Waals surface area contributed by atoms with E-state index < -0.39 is 0 Å². The molecule has 0 spiro atoms. The summed E-state index contributed by atoms with van der Waals surface area (Å²) in [4.78, 5) is 36.8. The number of pyridine rings is 1. The molecule has 3 aromatic rings. The zero-order chi connectivity index (χ0) is 19.2. The molecule has 0 aliphatic rings. The molecule has 0 aliphatic carbocycles. The van der Waals surface area contributed by atoms with Gasteiger partial charge >= 0.3 is 0 Å². The van der Waals surface area contributed by atoms with Gasteiger partial charge in [-0.25, -0.2) is 9.97 Å². The van der Waals surface area contributed by atoms with Crippen molar-refractivity contribution in [2.45, 2.75) is 18.9 Å². The second-order valence-electron chi connectivity index (χ2n) is 5.83. The fourth-order valence-corrected chi connectivity index (χ4v) is 3.16. The van der Waals surface area contributed by atoms with Crippen LogP contribution in [0.15, 0.2) is 59.8 Å². The third kappa shape index (κ3) is 5.21. The zero-order valence-corrected chi connectivity index (χ0v) is 15.8. The highest BCUT2D eigenvalue weighted by Crippen LogP contribution is 2.22. The maximum atomic E-state index is 12.2. The number of carbonyl (C=O) groups excluding carboxylic acids is 2. The molecule has 3 rings (SSSR count). The summed E-state index contributed by atoms with van der Waals surface area (Å²) in [6, 6.07) is 14.3. The van der Waals surface area contributed by atoms with Gasteiger partial charge in [0.1, 0.15) is 10.9 Å². The number of hydrogen-bond donors (Lipinski definition) is 1. The van der Waals surface area contributed by atoms with Crippen LogP contribution in [0.2, 0.25) is 0 Å². The van der Waals surface area contributed by atoms with Gasteiger partial charge in [0.25, 0.3) is 0 Å². The number of Topliss-reactive ketones (excluding diaryl/α,β-unsaturated/α-hetero) is 1. The average Bonchev–Trinajstić information content (AvgIpc) is 2.67. The van der Waals surface area contributed by atoms with Crippen molar-refractivity contribution in [2.24, 2.45) is 0 Å². The van der Waals surface area contributed by atoms with Gasteiger partial charge in [0.2, 0.25) is 5.91 Å². The molecule has 0 unspecified atom stereocenters. The van der Waals surface area contributed by atoms with Gasteiger partial charge in [-0.3, -0.25) is 14.6 Å². The maximum absolute atomic E-state index is 12.2. The molecule has 27 heavy (non-hydrogen) atoms. The molecule has 136 valence electrons. The van der Waals surface area contributed by atoms with Crippen LogP contribution in [0.4, 0.5) is 5.69 Å². The van der Waals surface area contributed by atoms with Crippen LogP contribution < -0.4 is 5.32 Å². The topological polar surface area (TPSA) is 84.8 Å². The van der Waals surface area contributed by atoms with E-state index in [1.165, 1.54) is 18.7 Å². The Balaban J connectivity index is 1.66. The number of nitrogens with one attached hydrogen (secondary N) is 1. The molecule has 0 aliphatic heterocycles. The third-order valence-corrected chi connectivity index (χ3v) is 4.56. The highest BCUT2D eigenvalue weighted by Gasteiger charge is 2.09. The predicted octanol–water partition coefficient (Wildman–Crippen LogP) is 3.78. The molecular weight excluding hydrogens is 360 g/mol. The summed E-state index contributed by atoms with van der Waals surface area (Å²) in [5.74, 6) is 0.605. The molecule has 0 atom stereocenters. The first-order chi connectivity index (χ1) is 13.0. The summed E-state index contributed by atoms with van der Waals surface area (Å²) in [5, 5.41) is 3.51.